The minimum Gasteiger partial charge on any atom is -0.345 e. The number of amides is 2. The zero-order valence-electron chi connectivity index (χ0n) is 10.6. The minimum absolute atomic E-state index is 0.107. The van der Waals surface area contributed by atoms with E-state index >= 15 is 0 Å². The Hall–Kier alpha value is -2.21. The van der Waals surface area contributed by atoms with Crippen molar-refractivity contribution in [1.82, 2.24) is 9.88 Å². The lowest BCUT2D eigenvalue weighted by molar-refractivity contribution is 0.0827. The zero-order valence-corrected chi connectivity index (χ0v) is 11.4. The highest BCUT2D eigenvalue weighted by molar-refractivity contribution is 7.07. The number of hydrogen-bond donors (Lipinski definition) is 1. The molecule has 0 aliphatic rings. The van der Waals surface area contributed by atoms with Crippen LogP contribution in [-0.4, -0.2) is 35.8 Å². The fourth-order valence-electron chi connectivity index (χ4n) is 1.51. The highest BCUT2D eigenvalue weighted by Gasteiger charge is 2.11. The Morgan fingerprint density at radius 2 is 2.11 bits per heavy atom. The number of carbonyl (C=O) groups excluding carboxylic acids is 2. The van der Waals surface area contributed by atoms with Crippen molar-refractivity contribution in [2.45, 2.75) is 0 Å². The number of hydrogen-bond acceptors (Lipinski definition) is 4. The van der Waals surface area contributed by atoms with Crippen molar-refractivity contribution in [1.29, 1.82) is 0 Å². The lowest BCUT2D eigenvalue weighted by Crippen LogP contribution is -2.22. The molecule has 0 saturated heterocycles. The molecule has 2 amide bonds. The van der Waals surface area contributed by atoms with Crippen LogP contribution in [0, 0.1) is 0 Å². The third-order valence-corrected chi connectivity index (χ3v) is 3.02. The SMILES string of the molecule is CN(C)C(=O)c1cccc(NC(=O)c2cscn2)c1. The van der Waals surface area contributed by atoms with Gasteiger partial charge in [-0.1, -0.05) is 6.07 Å². The molecule has 98 valence electrons. The topological polar surface area (TPSA) is 62.3 Å². The molecule has 0 unspecified atom stereocenters. The molecule has 1 heterocycles. The van der Waals surface area contributed by atoms with Crippen LogP contribution in [0.2, 0.25) is 0 Å². The van der Waals surface area contributed by atoms with Crippen molar-refractivity contribution >= 4 is 28.8 Å². The quantitative estimate of drug-likeness (QED) is 0.933. The second-order valence-electron chi connectivity index (χ2n) is 4.11. The van der Waals surface area contributed by atoms with Gasteiger partial charge in [-0.2, -0.15) is 0 Å². The Kier molecular flexibility index (Phi) is 3.91. The molecule has 2 rings (SSSR count). The summed E-state index contributed by atoms with van der Waals surface area (Å²) in [5, 5.41) is 4.38. The summed E-state index contributed by atoms with van der Waals surface area (Å²) in [6, 6.07) is 6.82. The van der Waals surface area contributed by atoms with Crippen molar-refractivity contribution in [3.63, 3.8) is 0 Å². The Morgan fingerprint density at radius 1 is 1.32 bits per heavy atom. The van der Waals surface area contributed by atoms with Crippen LogP contribution in [-0.2, 0) is 0 Å². The number of thiazole rings is 1. The summed E-state index contributed by atoms with van der Waals surface area (Å²) in [6.45, 7) is 0. The van der Waals surface area contributed by atoms with E-state index in [0.717, 1.165) is 0 Å². The number of carbonyl (C=O) groups is 2. The maximum atomic E-state index is 11.8. The summed E-state index contributed by atoms with van der Waals surface area (Å²) in [5.41, 5.74) is 3.07. The Balaban J connectivity index is 2.16. The first-order chi connectivity index (χ1) is 9.08. The van der Waals surface area contributed by atoms with Gasteiger partial charge in [0, 0.05) is 30.7 Å². The number of aromatic nitrogens is 1. The first-order valence-electron chi connectivity index (χ1n) is 5.59. The minimum atomic E-state index is -0.282. The van der Waals surface area contributed by atoms with Gasteiger partial charge in [-0.3, -0.25) is 9.59 Å². The maximum absolute atomic E-state index is 11.8. The van der Waals surface area contributed by atoms with Crippen LogP contribution in [0.3, 0.4) is 0 Å². The van der Waals surface area contributed by atoms with E-state index < -0.39 is 0 Å². The Labute approximate surface area is 114 Å². The van der Waals surface area contributed by atoms with Crippen LogP contribution in [0.5, 0.6) is 0 Å². The average Bonchev–Trinajstić information content (AvgIpc) is 2.92. The van der Waals surface area contributed by atoms with Gasteiger partial charge in [0.25, 0.3) is 11.8 Å². The van der Waals surface area contributed by atoms with E-state index in [4.69, 9.17) is 0 Å². The Bertz CT molecular complexity index is 594. The molecule has 0 radical (unpaired) electrons. The molecule has 1 N–H and O–H groups in total. The average molecular weight is 275 g/mol. The van der Waals surface area contributed by atoms with Crippen molar-refractivity contribution in [3.05, 3.63) is 46.4 Å². The fraction of sp³-hybridized carbons (Fsp3) is 0.154. The normalized spacial score (nSPS) is 10.0. The first-order valence-corrected chi connectivity index (χ1v) is 6.53. The smallest absolute Gasteiger partial charge is 0.275 e. The Morgan fingerprint density at radius 3 is 2.74 bits per heavy atom. The van der Waals surface area contributed by atoms with Gasteiger partial charge in [-0.05, 0) is 18.2 Å². The molecule has 0 saturated carbocycles. The predicted molar refractivity (Wildman–Crippen MR) is 74.5 cm³/mol. The van der Waals surface area contributed by atoms with Crippen molar-refractivity contribution < 1.29 is 9.59 Å². The van der Waals surface area contributed by atoms with Gasteiger partial charge in [0.05, 0.1) is 5.51 Å². The molecule has 0 fully saturated rings. The van der Waals surface area contributed by atoms with Gasteiger partial charge in [0.1, 0.15) is 5.69 Å². The van der Waals surface area contributed by atoms with Gasteiger partial charge in [0.2, 0.25) is 0 Å². The highest BCUT2D eigenvalue weighted by atomic mass is 32.1. The number of nitrogens with one attached hydrogen (secondary N) is 1. The van der Waals surface area contributed by atoms with Crippen LogP contribution in [0.25, 0.3) is 0 Å². The molecule has 1 aromatic carbocycles. The van der Waals surface area contributed by atoms with Gasteiger partial charge in [0.15, 0.2) is 0 Å². The van der Waals surface area contributed by atoms with Gasteiger partial charge < -0.3 is 10.2 Å². The fourth-order valence-corrected chi connectivity index (χ4v) is 2.04. The number of rotatable bonds is 3. The lowest BCUT2D eigenvalue weighted by atomic mass is 10.2. The molecule has 6 heteroatoms. The lowest BCUT2D eigenvalue weighted by Gasteiger charge is -2.11. The molecular weight excluding hydrogens is 262 g/mol. The molecule has 0 bridgehead atoms. The molecular formula is C13H13N3O2S. The molecule has 5 nitrogen and oxygen atoms in total. The summed E-state index contributed by atoms with van der Waals surface area (Å²) in [6.07, 6.45) is 0. The van der Waals surface area contributed by atoms with Gasteiger partial charge in [-0.15, -0.1) is 11.3 Å². The van der Waals surface area contributed by atoms with Crippen molar-refractivity contribution in [2.24, 2.45) is 0 Å². The van der Waals surface area contributed by atoms with E-state index in [1.54, 1.807) is 49.3 Å². The molecule has 0 aliphatic carbocycles. The summed E-state index contributed by atoms with van der Waals surface area (Å²) in [5.74, 6) is -0.388. The van der Waals surface area contributed by atoms with Gasteiger partial charge in [-0.25, -0.2) is 4.98 Å². The molecule has 0 atom stereocenters. The largest absolute Gasteiger partial charge is 0.345 e. The van der Waals surface area contributed by atoms with E-state index in [-0.39, 0.29) is 11.8 Å². The van der Waals surface area contributed by atoms with Crippen LogP contribution in [0.4, 0.5) is 5.69 Å². The third-order valence-electron chi connectivity index (χ3n) is 2.44. The standard InChI is InChI=1S/C13H13N3O2S/c1-16(2)13(18)9-4-3-5-10(6-9)15-12(17)11-7-19-8-14-11/h3-8H,1-2H3,(H,15,17). The summed E-state index contributed by atoms with van der Waals surface area (Å²) < 4.78 is 0. The van der Waals surface area contributed by atoms with Crippen LogP contribution in [0.1, 0.15) is 20.8 Å². The number of benzene rings is 1. The molecule has 0 aliphatic heterocycles. The summed E-state index contributed by atoms with van der Waals surface area (Å²) in [4.78, 5) is 29.1. The second-order valence-corrected chi connectivity index (χ2v) is 4.83. The van der Waals surface area contributed by atoms with E-state index in [1.807, 2.05) is 0 Å². The van der Waals surface area contributed by atoms with Gasteiger partial charge >= 0.3 is 0 Å². The summed E-state index contributed by atoms with van der Waals surface area (Å²) >= 11 is 1.36. The predicted octanol–water partition coefficient (Wildman–Crippen LogP) is 2.10. The molecule has 1 aromatic heterocycles. The van der Waals surface area contributed by atoms with Crippen molar-refractivity contribution in [3.8, 4) is 0 Å². The third kappa shape index (κ3) is 3.17. The van der Waals surface area contributed by atoms with Crippen molar-refractivity contribution in [2.75, 3.05) is 19.4 Å². The van der Waals surface area contributed by atoms with E-state index in [0.29, 0.717) is 16.9 Å². The first kappa shape index (κ1) is 13.2. The second kappa shape index (κ2) is 5.62. The van der Waals surface area contributed by atoms with E-state index in [2.05, 4.69) is 10.3 Å². The molecule has 2 aromatic rings. The van der Waals surface area contributed by atoms with Crippen LogP contribution >= 0.6 is 11.3 Å². The summed E-state index contributed by atoms with van der Waals surface area (Å²) in [7, 11) is 3.37. The number of anilines is 1. The van der Waals surface area contributed by atoms with Crippen LogP contribution in [0.15, 0.2) is 35.2 Å². The maximum Gasteiger partial charge on any atom is 0.275 e. The molecule has 0 spiro atoms. The number of nitrogens with zero attached hydrogens (tertiary/aromatic N) is 2. The monoisotopic (exact) mass is 275 g/mol. The van der Waals surface area contributed by atoms with Crippen LogP contribution < -0.4 is 5.32 Å². The molecule has 19 heavy (non-hydrogen) atoms. The van der Waals surface area contributed by atoms with E-state index in [1.165, 1.54) is 16.2 Å². The highest BCUT2D eigenvalue weighted by Crippen LogP contribution is 2.13. The van der Waals surface area contributed by atoms with E-state index in [9.17, 15) is 9.59 Å². The zero-order chi connectivity index (χ0) is 13.8.